The topological polar surface area (TPSA) is 383 Å². The number of carbonyl (C=O) groups excluding carboxylic acids is 4. The molecule has 6 amide bonds. The first kappa shape index (κ1) is 91.0. The van der Waals surface area contributed by atoms with Crippen LogP contribution in [0.4, 0.5) is 9.59 Å². The summed E-state index contributed by atoms with van der Waals surface area (Å²) in [5.41, 5.74) is 25.2. The molecule has 1 aromatic heterocycles. The zero-order chi connectivity index (χ0) is 74.5. The van der Waals surface area contributed by atoms with Crippen molar-refractivity contribution in [3.63, 3.8) is 0 Å². The number of rotatable bonds is 18. The minimum Gasteiger partial charge on any atom is -1.00 e. The zero-order valence-electron chi connectivity index (χ0n) is 61.1. The van der Waals surface area contributed by atoms with E-state index in [9.17, 15) is 19.2 Å². The summed E-state index contributed by atoms with van der Waals surface area (Å²) in [5, 5.41) is 40.1. The molecule has 31 nitrogen and oxygen atoms in total. The smallest absolute Gasteiger partial charge is 1.00 e. The van der Waals surface area contributed by atoms with Crippen LogP contribution >= 0.6 is 0 Å². The molecule has 2 unspecified atom stereocenters. The number of nitrogens with zero attached hydrogens (tertiary/aromatic N) is 13. The van der Waals surface area contributed by atoms with Crippen molar-refractivity contribution in [1.29, 1.82) is 0 Å². The molecule has 4 N–H and O–H groups in total. The van der Waals surface area contributed by atoms with Gasteiger partial charge in [0.25, 0.3) is 18.0 Å². The van der Waals surface area contributed by atoms with Gasteiger partial charge in [0.2, 0.25) is 0 Å². The summed E-state index contributed by atoms with van der Waals surface area (Å²) in [4.78, 5) is 78.2. The van der Waals surface area contributed by atoms with Gasteiger partial charge in [-0.3, -0.25) is 34.5 Å². The van der Waals surface area contributed by atoms with Gasteiger partial charge in [0, 0.05) is 78.8 Å². The number of pyridine rings is 1. The number of ether oxygens (including phenoxy) is 6. The van der Waals surface area contributed by atoms with Gasteiger partial charge >= 0.3 is 41.6 Å². The fourth-order valence-electron chi connectivity index (χ4n) is 11.6. The number of aliphatic hydroxyl groups is 2. The van der Waals surface area contributed by atoms with E-state index in [0.29, 0.717) is 49.7 Å². The number of benzene rings is 1. The molecule has 2 aromatic rings. The van der Waals surface area contributed by atoms with Gasteiger partial charge in [-0.25, -0.2) is 9.59 Å². The number of nitrogens with one attached hydrogen (secondary N) is 2. The first-order chi connectivity index (χ1) is 48.3. The Hall–Kier alpha value is -6.25. The van der Waals surface area contributed by atoms with Crippen LogP contribution in [0, 0.1) is 0 Å². The van der Waals surface area contributed by atoms with E-state index < -0.39 is 30.2 Å². The maximum Gasteiger partial charge on any atom is 1.00 e. The predicted molar refractivity (Wildman–Crippen MR) is 377 cm³/mol. The number of halogens is 1. The summed E-state index contributed by atoms with van der Waals surface area (Å²) >= 11 is 0. The number of hydrogen-bond donors (Lipinski definition) is 4. The van der Waals surface area contributed by atoms with Crippen molar-refractivity contribution in [1.82, 2.24) is 25.5 Å². The number of urea groups is 2. The van der Waals surface area contributed by atoms with Crippen LogP contribution < -0.4 is 57.2 Å². The fourth-order valence-corrected chi connectivity index (χ4v) is 11.6. The number of oxime groups is 3. The molecule has 6 fully saturated rings. The summed E-state index contributed by atoms with van der Waals surface area (Å²) in [6, 6.07) is 10.8. The van der Waals surface area contributed by atoms with Crippen molar-refractivity contribution in [3.05, 3.63) is 117 Å². The number of hydroxylamine groups is 2. The van der Waals surface area contributed by atoms with E-state index in [2.05, 4.69) is 43.1 Å². The average molecular weight is 1460 g/mol. The molecule has 10 heterocycles. The molecule has 8 radical (unpaired) electrons. The Kier molecular flexibility index (Phi) is 41.2. The minimum atomic E-state index is -0.670. The Morgan fingerprint density at radius 3 is 1.25 bits per heavy atom. The summed E-state index contributed by atoms with van der Waals surface area (Å²) in [6.07, 6.45) is 15.7. The van der Waals surface area contributed by atoms with Gasteiger partial charge < -0.3 is 81.9 Å². The third kappa shape index (κ3) is 28.2. The van der Waals surface area contributed by atoms with E-state index >= 15 is 0 Å². The van der Waals surface area contributed by atoms with Crippen LogP contribution in [0.3, 0.4) is 0 Å². The molecular weight excluding hydrogens is 1360 g/mol. The number of amides is 6. The van der Waals surface area contributed by atoms with E-state index in [4.69, 9.17) is 106 Å². The van der Waals surface area contributed by atoms with Gasteiger partial charge in [-0.1, -0.05) is 80.3 Å². The van der Waals surface area contributed by atoms with Crippen molar-refractivity contribution in [2.45, 2.75) is 282 Å². The molecule has 103 heavy (non-hydrogen) atoms. The Morgan fingerprint density at radius 2 is 0.893 bits per heavy atom. The standard InChI is InChI=1S/C18H24N4O3.C14H14BNO4.C13H20N6O3.C9H16BNO2.2C6H11BO2.ClH.N3.Na/c1-4-14-15(25-20-13(2)3)12-17(24-14)22-11-8-16(19-18(22)23)21-9-6-5-7-10-21;1-2-10-11(7-12(15)19-10)20-16-13(17)8-5-3-4-6-9(8)14(16)18;1-4-9-10(22-17-8(2)3)7-12(21-9)19-6-5-11(16-18-14)15-13(19)20;1-4-7-8(5-9(10)12-7)13-11-6(2)3;2*1-2-5-4(8)3-6(7)9-5;;1-3-2;/h5-11,14-17H,4,12H2,1-3H3;3-6,10-12H,2,7H2,1H3;5-6,9-12H,4,7H2,1-3H3,(H,15,20);7-9H,4-5H2,1-3H3;2*4-6,8H,2-3H2,1H3;1H;;/q;;;;;;;-1;+1/t14-,15-,16?,17-;10-,11-,12-;9-,10-,11?,12-;7-,8-,9-;4-,5+,6+;4-,5-,6-;;;/m111101.../s1. The number of carbonyl (C=O) groups is 4. The summed E-state index contributed by atoms with van der Waals surface area (Å²) < 4.78 is 35.1. The second-order valence-electron chi connectivity index (χ2n) is 25.2. The van der Waals surface area contributed by atoms with Crippen LogP contribution in [-0.2, 0) is 47.8 Å². The van der Waals surface area contributed by atoms with Gasteiger partial charge in [0.05, 0.1) is 77.1 Å². The van der Waals surface area contributed by atoms with Gasteiger partial charge in [0.15, 0.2) is 30.7 Å². The number of azide groups is 1. The number of aromatic nitrogens is 1. The first-order valence-electron chi connectivity index (χ1n) is 34.3. The van der Waals surface area contributed by atoms with Crippen molar-refractivity contribution >= 4 is 72.4 Å². The molecule has 0 aliphatic carbocycles. The number of imide groups is 1. The average Bonchev–Trinajstić information content (AvgIpc) is 1.63. The molecule has 552 valence electrons. The molecule has 6 saturated heterocycles. The van der Waals surface area contributed by atoms with Crippen LogP contribution in [-0.4, -0.2) is 213 Å². The number of hydrogen-bond acceptors (Lipinski definition) is 20. The van der Waals surface area contributed by atoms with E-state index in [0.717, 1.165) is 60.7 Å². The zero-order valence-corrected chi connectivity index (χ0v) is 63.9. The summed E-state index contributed by atoms with van der Waals surface area (Å²) in [7, 11) is 22.2. The number of aliphatic hydroxyl groups excluding tert-OH is 2. The fraction of sp³-hybridized carbons (Fsp3) is 0.667. The van der Waals surface area contributed by atoms with Gasteiger partial charge in [-0.05, 0) is 123 Å². The molecule has 1 aromatic carbocycles. The maximum absolute atomic E-state index is 12.5. The molecular formula is C66H97B4ClN15NaO16. The van der Waals surface area contributed by atoms with E-state index in [-0.39, 0.29) is 158 Å². The van der Waals surface area contributed by atoms with Gasteiger partial charge in [0.1, 0.15) is 56.1 Å². The monoisotopic (exact) mass is 1460 g/mol. The SMILES string of the molecule is CC[C@H]1O[C@@H](N2C=CC(N=[N+]=[N-])NC2=O)C[C@H]1ON=C(C)C.CC[C@H]1O[C@@H](N2C=CC([n+]3ccccc3)NC2=O)C[C@H]1ON=C(C)C.[B][C@H]1C[C@@H](O)[C@@H](CC)O1.[B][C@H]1C[C@@H](ON2C(=O)c3ccccc3C2=O)[C@@H](CC)O1.[B][C@H]1C[C@@H](ON=C(C)C)[C@@H](CC)O1.[B][C@H]1C[C@H](O)[C@@H](CC)O1.[Cl-].[N-]=[N+]=[N-].[Na+]. The van der Waals surface area contributed by atoms with Crippen molar-refractivity contribution in [2.24, 2.45) is 20.6 Å². The van der Waals surface area contributed by atoms with Crippen LogP contribution in [0.1, 0.15) is 187 Å². The van der Waals surface area contributed by atoms with Crippen molar-refractivity contribution < 1.29 is 124 Å². The van der Waals surface area contributed by atoms with Crippen LogP contribution in [0.2, 0.25) is 0 Å². The van der Waals surface area contributed by atoms with E-state index in [1.807, 2.05) is 117 Å². The Labute approximate surface area is 637 Å². The summed E-state index contributed by atoms with van der Waals surface area (Å²) in [6.45, 7) is 23.3. The molecule has 0 spiro atoms. The quantitative estimate of drug-likeness (QED) is 0.0243. The number of fused-ring (bicyclic) bond motifs is 1. The van der Waals surface area contributed by atoms with E-state index in [1.54, 1.807) is 47.6 Å². The molecule has 9 aliphatic rings. The third-order valence-corrected chi connectivity index (χ3v) is 16.6. The van der Waals surface area contributed by atoms with Gasteiger partial charge in [-0.15, -0.1) is 5.06 Å². The Morgan fingerprint density at radius 1 is 0.534 bits per heavy atom. The predicted octanol–water partition coefficient (Wildman–Crippen LogP) is 2.48. The second kappa shape index (κ2) is 46.6. The molecule has 9 aliphatic heterocycles. The largest absolute Gasteiger partial charge is 1.00 e. The van der Waals surface area contributed by atoms with E-state index in [1.165, 1.54) is 9.81 Å². The minimum absolute atomic E-state index is 0. The normalized spacial score (nSPS) is 31.0. The Bertz CT molecular complexity index is 3140. The second-order valence-corrected chi connectivity index (χ2v) is 25.2. The van der Waals surface area contributed by atoms with Gasteiger partial charge in [-0.2, -0.15) is 4.57 Å². The first-order valence-corrected chi connectivity index (χ1v) is 34.3. The van der Waals surface area contributed by atoms with Crippen molar-refractivity contribution in [2.75, 3.05) is 0 Å². The van der Waals surface area contributed by atoms with Crippen molar-refractivity contribution in [3.8, 4) is 0 Å². The van der Waals surface area contributed by atoms with Crippen LogP contribution in [0.5, 0.6) is 0 Å². The molecule has 0 saturated carbocycles. The molecule has 0 bridgehead atoms. The molecule has 11 rings (SSSR count). The van der Waals surface area contributed by atoms with Crippen LogP contribution in [0.25, 0.3) is 26.4 Å². The Balaban J connectivity index is 0.000000328. The molecule has 20 atom stereocenters. The molecule has 37 heteroatoms. The maximum atomic E-state index is 12.5. The summed E-state index contributed by atoms with van der Waals surface area (Å²) in [5.74, 6) is -0.859. The third-order valence-electron chi connectivity index (χ3n) is 16.6. The van der Waals surface area contributed by atoms with Crippen LogP contribution in [0.15, 0.2) is 100.0 Å².